The number of nitrogens with zero attached hydrogens (tertiary/aromatic N) is 3. The maximum absolute atomic E-state index is 13.5. The van der Waals surface area contributed by atoms with E-state index in [1.165, 1.54) is 18.5 Å². The first-order chi connectivity index (χ1) is 14.6. The molecular weight excluding hydrogens is 396 g/mol. The van der Waals surface area contributed by atoms with Crippen LogP contribution in [0.25, 0.3) is 16.9 Å². The zero-order valence-electron chi connectivity index (χ0n) is 17.6. The van der Waals surface area contributed by atoms with Gasteiger partial charge >= 0.3 is 0 Å². The van der Waals surface area contributed by atoms with Crippen molar-refractivity contribution in [2.24, 2.45) is 0 Å². The van der Waals surface area contributed by atoms with E-state index in [0.717, 1.165) is 37.4 Å². The molecule has 3 aromatic rings. The zero-order chi connectivity index (χ0) is 21.1. The Morgan fingerprint density at radius 2 is 1.80 bits per heavy atom. The van der Waals surface area contributed by atoms with Gasteiger partial charge in [0.15, 0.2) is 0 Å². The molecule has 1 aliphatic rings. The number of quaternary nitrogens is 1. The number of rotatable bonds is 5. The molecule has 5 nitrogen and oxygen atoms in total. The first-order valence-electron chi connectivity index (χ1n) is 10.6. The van der Waals surface area contributed by atoms with Gasteiger partial charge in [0.05, 0.1) is 49.0 Å². The summed E-state index contributed by atoms with van der Waals surface area (Å²) in [5.41, 5.74) is 4.20. The molecule has 4 rings (SSSR count). The van der Waals surface area contributed by atoms with Crippen LogP contribution in [0.4, 0.5) is 0 Å². The number of piperazine rings is 1. The zero-order valence-corrected chi connectivity index (χ0v) is 18.3. The molecule has 0 spiro atoms. The van der Waals surface area contributed by atoms with Gasteiger partial charge in [0, 0.05) is 11.8 Å². The minimum Gasteiger partial charge on any atom is -0.332 e. The van der Waals surface area contributed by atoms with Crippen LogP contribution in [0.1, 0.15) is 29.3 Å². The SMILES string of the molecule is CCC[NH+]1CCN(C(=O)c2cn(-c3ccccc3Cl)nc2-c2ccc(C)cc2)CC1. The van der Waals surface area contributed by atoms with Crippen molar-refractivity contribution in [3.05, 3.63) is 70.9 Å². The number of aryl methyl sites for hydroxylation is 1. The molecule has 1 aromatic heterocycles. The average Bonchev–Trinajstić information content (AvgIpc) is 3.20. The van der Waals surface area contributed by atoms with Crippen molar-refractivity contribution in [2.75, 3.05) is 32.7 Å². The highest BCUT2D eigenvalue weighted by atomic mass is 35.5. The van der Waals surface area contributed by atoms with Crippen LogP contribution in [0.2, 0.25) is 5.02 Å². The Kier molecular flexibility index (Phi) is 6.21. The fourth-order valence-corrected chi connectivity index (χ4v) is 4.24. The number of amides is 1. The summed E-state index contributed by atoms with van der Waals surface area (Å²) in [7, 11) is 0. The fraction of sp³-hybridized carbons (Fsp3) is 0.333. The molecule has 6 heteroatoms. The molecule has 0 saturated carbocycles. The Labute approximate surface area is 182 Å². The maximum atomic E-state index is 13.5. The van der Waals surface area contributed by atoms with Crippen molar-refractivity contribution in [3.8, 4) is 16.9 Å². The van der Waals surface area contributed by atoms with Crippen molar-refractivity contribution in [1.29, 1.82) is 0 Å². The number of aromatic nitrogens is 2. The van der Waals surface area contributed by atoms with E-state index >= 15 is 0 Å². The van der Waals surface area contributed by atoms with Crippen molar-refractivity contribution in [2.45, 2.75) is 20.3 Å². The second kappa shape index (κ2) is 9.02. The van der Waals surface area contributed by atoms with Crippen molar-refractivity contribution in [3.63, 3.8) is 0 Å². The molecular formula is C24H28ClN4O+. The molecule has 0 aliphatic carbocycles. The molecule has 156 valence electrons. The predicted octanol–water partition coefficient (Wildman–Crippen LogP) is 3.25. The maximum Gasteiger partial charge on any atom is 0.258 e. The molecule has 0 unspecified atom stereocenters. The van der Waals surface area contributed by atoms with Gasteiger partial charge in [-0.2, -0.15) is 5.10 Å². The number of nitrogens with one attached hydrogen (secondary N) is 1. The third-order valence-corrected chi connectivity index (χ3v) is 6.05. The minimum atomic E-state index is 0.0411. The summed E-state index contributed by atoms with van der Waals surface area (Å²) >= 11 is 6.40. The van der Waals surface area contributed by atoms with Crippen LogP contribution in [0.3, 0.4) is 0 Å². The first-order valence-corrected chi connectivity index (χ1v) is 11.0. The number of hydrogen-bond donors (Lipinski definition) is 1. The summed E-state index contributed by atoms with van der Waals surface area (Å²) in [6.07, 6.45) is 3.00. The van der Waals surface area contributed by atoms with Crippen LogP contribution in [0.5, 0.6) is 0 Å². The molecule has 0 radical (unpaired) electrons. The Bertz CT molecular complexity index is 1020. The van der Waals surface area contributed by atoms with Gasteiger partial charge in [-0.3, -0.25) is 4.79 Å². The Morgan fingerprint density at radius 1 is 1.10 bits per heavy atom. The van der Waals surface area contributed by atoms with Gasteiger partial charge in [0.1, 0.15) is 5.69 Å². The van der Waals surface area contributed by atoms with Crippen molar-refractivity contribution in [1.82, 2.24) is 14.7 Å². The molecule has 1 amide bonds. The van der Waals surface area contributed by atoms with E-state index in [0.29, 0.717) is 16.3 Å². The van der Waals surface area contributed by atoms with E-state index in [2.05, 4.69) is 13.8 Å². The summed E-state index contributed by atoms with van der Waals surface area (Å²) in [6, 6.07) is 15.7. The second-order valence-electron chi connectivity index (χ2n) is 7.95. The standard InChI is InChI=1S/C24H27ClN4O/c1-3-12-27-13-15-28(16-14-27)24(30)20-17-29(22-7-5-4-6-21(22)25)26-23(20)19-10-8-18(2)9-11-19/h4-11,17H,3,12-16H2,1-2H3/p+1. The number of carbonyl (C=O) groups is 1. The van der Waals surface area contributed by atoms with Gasteiger partial charge in [-0.05, 0) is 25.5 Å². The highest BCUT2D eigenvalue weighted by Gasteiger charge is 2.28. The van der Waals surface area contributed by atoms with Gasteiger partial charge in [-0.25, -0.2) is 4.68 Å². The van der Waals surface area contributed by atoms with Gasteiger partial charge in [0.25, 0.3) is 5.91 Å². The van der Waals surface area contributed by atoms with E-state index < -0.39 is 0 Å². The Hall–Kier alpha value is -2.63. The van der Waals surface area contributed by atoms with E-state index in [9.17, 15) is 4.79 Å². The number of carbonyl (C=O) groups excluding carboxylic acids is 1. The molecule has 1 fully saturated rings. The predicted molar refractivity (Wildman–Crippen MR) is 121 cm³/mol. The number of halogens is 1. The van der Waals surface area contributed by atoms with Crippen LogP contribution >= 0.6 is 11.6 Å². The van der Waals surface area contributed by atoms with Crippen molar-refractivity contribution >= 4 is 17.5 Å². The summed E-state index contributed by atoms with van der Waals surface area (Å²) in [4.78, 5) is 17.0. The molecule has 1 saturated heterocycles. The molecule has 0 bridgehead atoms. The van der Waals surface area contributed by atoms with Gasteiger partial charge < -0.3 is 9.80 Å². The molecule has 1 aliphatic heterocycles. The van der Waals surface area contributed by atoms with Crippen LogP contribution in [0, 0.1) is 6.92 Å². The largest absolute Gasteiger partial charge is 0.332 e. The molecule has 1 N–H and O–H groups in total. The molecule has 2 heterocycles. The first kappa shape index (κ1) is 20.6. The van der Waals surface area contributed by atoms with Gasteiger partial charge in [-0.15, -0.1) is 0 Å². The Balaban J connectivity index is 1.69. The van der Waals surface area contributed by atoms with Crippen LogP contribution in [-0.4, -0.2) is 53.3 Å². The lowest BCUT2D eigenvalue weighted by Gasteiger charge is -2.32. The summed E-state index contributed by atoms with van der Waals surface area (Å²) in [5, 5.41) is 5.38. The fourth-order valence-electron chi connectivity index (χ4n) is 4.02. The minimum absolute atomic E-state index is 0.0411. The van der Waals surface area contributed by atoms with Crippen LogP contribution in [-0.2, 0) is 0 Å². The lowest BCUT2D eigenvalue weighted by molar-refractivity contribution is -0.904. The number of hydrogen-bond acceptors (Lipinski definition) is 2. The second-order valence-corrected chi connectivity index (χ2v) is 8.35. The topological polar surface area (TPSA) is 42.6 Å². The smallest absolute Gasteiger partial charge is 0.258 e. The third kappa shape index (κ3) is 4.27. The number of benzene rings is 2. The third-order valence-electron chi connectivity index (χ3n) is 5.73. The van der Waals surface area contributed by atoms with Crippen LogP contribution in [0.15, 0.2) is 54.7 Å². The lowest BCUT2D eigenvalue weighted by atomic mass is 10.1. The Morgan fingerprint density at radius 3 is 2.47 bits per heavy atom. The molecule has 0 atom stereocenters. The van der Waals surface area contributed by atoms with Crippen LogP contribution < -0.4 is 4.90 Å². The highest BCUT2D eigenvalue weighted by Crippen LogP contribution is 2.27. The lowest BCUT2D eigenvalue weighted by Crippen LogP contribution is -3.14. The van der Waals surface area contributed by atoms with E-state index in [4.69, 9.17) is 16.7 Å². The molecule has 30 heavy (non-hydrogen) atoms. The quantitative estimate of drug-likeness (QED) is 0.684. The van der Waals surface area contributed by atoms with Gasteiger partial charge in [-0.1, -0.05) is 60.5 Å². The van der Waals surface area contributed by atoms with E-state index in [-0.39, 0.29) is 5.91 Å². The van der Waals surface area contributed by atoms with Crippen molar-refractivity contribution < 1.29 is 9.69 Å². The normalized spacial score (nSPS) is 14.8. The average molecular weight is 424 g/mol. The summed E-state index contributed by atoms with van der Waals surface area (Å²) < 4.78 is 1.73. The summed E-state index contributed by atoms with van der Waals surface area (Å²) in [6.45, 7) is 8.98. The summed E-state index contributed by atoms with van der Waals surface area (Å²) in [5.74, 6) is 0.0411. The van der Waals surface area contributed by atoms with E-state index in [1.807, 2.05) is 59.6 Å². The molecule has 2 aromatic carbocycles. The van der Waals surface area contributed by atoms with Gasteiger partial charge in [0.2, 0.25) is 0 Å². The monoisotopic (exact) mass is 423 g/mol. The highest BCUT2D eigenvalue weighted by molar-refractivity contribution is 6.32. The van der Waals surface area contributed by atoms with E-state index in [1.54, 1.807) is 9.58 Å². The number of para-hydroxylation sites is 1.